The number of halogens is 3. The number of rotatable bonds is 3. The van der Waals surface area contributed by atoms with E-state index in [1.165, 1.54) is 14.2 Å². The van der Waals surface area contributed by atoms with Crippen LogP contribution in [0.3, 0.4) is 0 Å². The van der Waals surface area contributed by atoms with Gasteiger partial charge in [-0.1, -0.05) is 59.9 Å². The first-order valence-electron chi connectivity index (χ1n) is 10.4. The maximum absolute atomic E-state index is 12.0. The Hall–Kier alpha value is -2.24. The minimum absolute atomic E-state index is 0.00639. The molecule has 2 unspecified atom stereocenters. The van der Waals surface area contributed by atoms with E-state index in [1.807, 2.05) is 43.3 Å². The van der Waals surface area contributed by atoms with Crippen molar-refractivity contribution in [2.45, 2.75) is 31.6 Å². The van der Waals surface area contributed by atoms with Crippen LogP contribution in [-0.2, 0) is 34.1 Å². The maximum atomic E-state index is 12.0. The van der Waals surface area contributed by atoms with Gasteiger partial charge in [0.2, 0.25) is 11.8 Å². The Morgan fingerprint density at radius 2 is 1.51 bits per heavy atom. The number of carbonyl (C=O) groups is 4. The highest BCUT2D eigenvalue weighted by Gasteiger charge is 2.44. The molecule has 188 valence electrons. The molecule has 0 aromatic heterocycles. The molecule has 0 aliphatic carbocycles. The fourth-order valence-electron chi connectivity index (χ4n) is 3.47. The summed E-state index contributed by atoms with van der Waals surface area (Å²) in [6, 6.07) is 11.4. The van der Waals surface area contributed by atoms with Crippen molar-refractivity contribution in [3.63, 3.8) is 0 Å². The van der Waals surface area contributed by atoms with Gasteiger partial charge < -0.3 is 20.1 Å². The Kier molecular flexibility index (Phi) is 10.5. The van der Waals surface area contributed by atoms with Gasteiger partial charge in [-0.25, -0.2) is 0 Å². The van der Waals surface area contributed by atoms with E-state index in [2.05, 4.69) is 67.9 Å². The average Bonchev–Trinajstić information content (AvgIpc) is 3.24. The van der Waals surface area contributed by atoms with Gasteiger partial charge in [-0.15, -0.1) is 0 Å². The lowest BCUT2D eigenvalue weighted by molar-refractivity contribution is -0.143. The van der Waals surface area contributed by atoms with Crippen LogP contribution in [0.15, 0.2) is 45.3 Å². The molecule has 2 aliphatic rings. The number of fused-ring (bicyclic) bond motifs is 2. The molecular weight excluding hydrogens is 652 g/mol. The zero-order valence-corrected chi connectivity index (χ0v) is 24.3. The third kappa shape index (κ3) is 7.14. The number of anilines is 2. The van der Waals surface area contributed by atoms with Gasteiger partial charge in [-0.3, -0.25) is 19.2 Å². The summed E-state index contributed by atoms with van der Waals surface area (Å²) in [5.41, 5.74) is 2.75. The quantitative estimate of drug-likeness (QED) is 0.338. The summed E-state index contributed by atoms with van der Waals surface area (Å²) in [4.78, 5) is 44.5. The number of alkyl halides is 1. The standard InChI is InChI=1S/C12H12BrNO3.C9H8BrNO.C3H5BrO2/c1-12(6-10(15)17-2)8-4-3-7(13)5-9(8)14-11(12)16;1-5-7-3-2-6(10)4-8(7)11-9(5)12;1-6-3(5)2-4/h3-5H,6H2,1-2H3,(H,14,16);2-5H,1H3,(H,11,12);2H2,1H3. The van der Waals surface area contributed by atoms with Crippen LogP contribution in [0.4, 0.5) is 11.4 Å². The van der Waals surface area contributed by atoms with Crippen molar-refractivity contribution in [2.24, 2.45) is 0 Å². The smallest absolute Gasteiger partial charge is 0.316 e. The zero-order valence-electron chi connectivity index (χ0n) is 19.5. The van der Waals surface area contributed by atoms with E-state index in [1.54, 1.807) is 6.92 Å². The van der Waals surface area contributed by atoms with Crippen LogP contribution in [0.25, 0.3) is 0 Å². The van der Waals surface area contributed by atoms with Crippen molar-refractivity contribution < 1.29 is 28.7 Å². The van der Waals surface area contributed by atoms with Crippen LogP contribution in [0.5, 0.6) is 0 Å². The van der Waals surface area contributed by atoms with Crippen molar-refractivity contribution in [3.05, 3.63) is 56.5 Å². The summed E-state index contributed by atoms with van der Waals surface area (Å²) in [5.74, 6) is -0.722. The summed E-state index contributed by atoms with van der Waals surface area (Å²) in [6.45, 7) is 3.66. The van der Waals surface area contributed by atoms with Gasteiger partial charge in [0.15, 0.2) is 0 Å². The fraction of sp³-hybridized carbons (Fsp3) is 0.333. The van der Waals surface area contributed by atoms with Gasteiger partial charge in [-0.05, 0) is 49.2 Å². The van der Waals surface area contributed by atoms with E-state index in [0.29, 0.717) is 0 Å². The lowest BCUT2D eigenvalue weighted by atomic mass is 9.81. The van der Waals surface area contributed by atoms with Crippen LogP contribution in [0, 0.1) is 0 Å². The minimum Gasteiger partial charge on any atom is -0.469 e. The topological polar surface area (TPSA) is 111 Å². The van der Waals surface area contributed by atoms with Crippen LogP contribution >= 0.6 is 47.8 Å². The molecule has 35 heavy (non-hydrogen) atoms. The molecule has 2 heterocycles. The van der Waals surface area contributed by atoms with Crippen molar-refractivity contribution in [1.29, 1.82) is 0 Å². The minimum atomic E-state index is -0.844. The molecule has 2 aromatic carbocycles. The third-order valence-electron chi connectivity index (χ3n) is 5.52. The van der Waals surface area contributed by atoms with Crippen LogP contribution in [-0.4, -0.2) is 43.3 Å². The molecule has 2 aliphatic heterocycles. The first-order chi connectivity index (χ1) is 16.5. The van der Waals surface area contributed by atoms with Gasteiger partial charge >= 0.3 is 11.9 Å². The Labute approximate surface area is 228 Å². The number of hydrogen-bond acceptors (Lipinski definition) is 6. The number of hydrogen-bond donors (Lipinski definition) is 2. The predicted octanol–water partition coefficient (Wildman–Crippen LogP) is 5.28. The van der Waals surface area contributed by atoms with Gasteiger partial charge in [0.25, 0.3) is 0 Å². The largest absolute Gasteiger partial charge is 0.469 e. The molecular formula is C24H25Br3N2O6. The molecule has 0 saturated carbocycles. The van der Waals surface area contributed by atoms with E-state index in [9.17, 15) is 19.2 Å². The summed E-state index contributed by atoms with van der Waals surface area (Å²) in [5, 5.41) is 5.88. The van der Waals surface area contributed by atoms with Crippen molar-refractivity contribution >= 4 is 82.9 Å². The second-order valence-electron chi connectivity index (χ2n) is 7.88. The average molecular weight is 677 g/mol. The molecule has 2 N–H and O–H groups in total. The number of nitrogens with one attached hydrogen (secondary N) is 2. The zero-order chi connectivity index (χ0) is 26.3. The monoisotopic (exact) mass is 674 g/mol. The Bertz CT molecular complexity index is 1130. The molecule has 11 heteroatoms. The summed E-state index contributed by atoms with van der Waals surface area (Å²) < 4.78 is 10.7. The second-order valence-corrected chi connectivity index (χ2v) is 10.3. The van der Waals surface area contributed by atoms with E-state index in [-0.39, 0.29) is 35.5 Å². The van der Waals surface area contributed by atoms with Crippen molar-refractivity contribution in [2.75, 3.05) is 30.2 Å². The highest BCUT2D eigenvalue weighted by molar-refractivity contribution is 9.10. The summed E-state index contributed by atoms with van der Waals surface area (Å²) in [6.07, 6.45) is 0.0456. The molecule has 0 bridgehead atoms. The van der Waals surface area contributed by atoms with Crippen LogP contribution < -0.4 is 10.6 Å². The maximum Gasteiger partial charge on any atom is 0.316 e. The van der Waals surface area contributed by atoms with E-state index >= 15 is 0 Å². The molecule has 2 atom stereocenters. The highest BCUT2D eigenvalue weighted by Crippen LogP contribution is 2.41. The molecule has 2 amide bonds. The number of amides is 2. The lowest BCUT2D eigenvalue weighted by Crippen LogP contribution is -2.33. The Morgan fingerprint density at radius 1 is 0.943 bits per heavy atom. The Balaban J connectivity index is 0.000000209. The van der Waals surface area contributed by atoms with Crippen molar-refractivity contribution in [1.82, 2.24) is 0 Å². The lowest BCUT2D eigenvalue weighted by Gasteiger charge is -2.20. The fourth-order valence-corrected chi connectivity index (χ4v) is 4.42. The summed E-state index contributed by atoms with van der Waals surface area (Å²) in [7, 11) is 2.67. The number of benzene rings is 2. The first kappa shape index (κ1) is 29.0. The van der Waals surface area contributed by atoms with E-state index in [4.69, 9.17) is 0 Å². The molecule has 0 radical (unpaired) electrons. The molecule has 4 rings (SSSR count). The van der Waals surface area contributed by atoms with E-state index in [0.717, 1.165) is 31.4 Å². The molecule has 0 saturated heterocycles. The molecule has 2 aromatic rings. The first-order valence-corrected chi connectivity index (χ1v) is 13.1. The van der Waals surface area contributed by atoms with Crippen LogP contribution in [0.1, 0.15) is 37.3 Å². The van der Waals surface area contributed by atoms with Gasteiger partial charge in [0.1, 0.15) is 5.33 Å². The predicted molar refractivity (Wildman–Crippen MR) is 144 cm³/mol. The Morgan fingerprint density at radius 3 is 2.06 bits per heavy atom. The van der Waals surface area contributed by atoms with Gasteiger partial charge in [-0.2, -0.15) is 0 Å². The normalized spacial score (nSPS) is 19.0. The molecule has 0 fully saturated rings. The van der Waals surface area contributed by atoms with Crippen LogP contribution in [0.2, 0.25) is 0 Å². The number of esters is 2. The van der Waals surface area contributed by atoms with Gasteiger partial charge in [0, 0.05) is 20.3 Å². The molecule has 8 nitrogen and oxygen atoms in total. The number of methoxy groups -OCH3 is 2. The highest BCUT2D eigenvalue weighted by atomic mass is 79.9. The second kappa shape index (κ2) is 12.6. The summed E-state index contributed by atoms with van der Waals surface area (Å²) >= 11 is 9.60. The SMILES string of the molecule is CC1C(=O)Nc2cc(Br)ccc21.COC(=O)CBr.COC(=O)CC1(C)C(=O)Nc2cc(Br)ccc21. The number of ether oxygens (including phenoxy) is 2. The molecule has 0 spiro atoms. The van der Waals surface area contributed by atoms with Gasteiger partial charge in [0.05, 0.1) is 32.0 Å². The third-order valence-corrected chi connectivity index (χ3v) is 6.97. The number of carbonyl (C=O) groups excluding carboxylic acids is 4. The van der Waals surface area contributed by atoms with Crippen molar-refractivity contribution in [3.8, 4) is 0 Å². The van der Waals surface area contributed by atoms with E-state index < -0.39 is 11.4 Å².